The largest absolute Gasteiger partial charge is 0.493 e. The molecule has 180 valence electrons. The summed E-state index contributed by atoms with van der Waals surface area (Å²) >= 11 is 3.45. The smallest absolute Gasteiger partial charge is 0.243 e. The number of hydrogen-bond acceptors (Lipinski definition) is 5. The zero-order chi connectivity index (χ0) is 24.9. The summed E-state index contributed by atoms with van der Waals surface area (Å²) in [6.45, 7) is 3.44. The Bertz CT molecular complexity index is 1260. The highest BCUT2D eigenvalue weighted by atomic mass is 79.9. The minimum Gasteiger partial charge on any atom is -0.493 e. The molecular weight excluding hydrogens is 520 g/mol. The predicted octanol–water partition coefficient (Wildman–Crippen LogP) is 4.91. The van der Waals surface area contributed by atoms with Crippen molar-refractivity contribution in [2.45, 2.75) is 25.3 Å². The van der Waals surface area contributed by atoms with Crippen molar-refractivity contribution < 1.29 is 22.7 Å². The summed E-state index contributed by atoms with van der Waals surface area (Å²) in [4.78, 5) is 13.0. The maximum absolute atomic E-state index is 13.6. The summed E-state index contributed by atoms with van der Waals surface area (Å²) in [5.41, 5.74) is 3.17. The molecule has 0 atom stereocenters. The Balaban J connectivity index is 1.95. The Morgan fingerprint density at radius 1 is 0.941 bits per heavy atom. The number of carbonyl (C=O) groups excluding carboxylic acids is 1. The molecule has 0 radical (unpaired) electrons. The van der Waals surface area contributed by atoms with Crippen molar-refractivity contribution in [1.29, 1.82) is 0 Å². The Morgan fingerprint density at radius 2 is 1.56 bits per heavy atom. The molecule has 0 unspecified atom stereocenters. The number of sulfonamides is 1. The third-order valence-corrected chi connectivity index (χ3v) is 7.52. The number of rotatable bonds is 9. The van der Waals surface area contributed by atoms with E-state index in [2.05, 4.69) is 21.2 Å². The van der Waals surface area contributed by atoms with E-state index in [1.165, 1.54) is 32.4 Å². The lowest BCUT2D eigenvalue weighted by atomic mass is 10.1. The molecular formula is C25H27BrN2O5S. The van der Waals surface area contributed by atoms with Gasteiger partial charge in [-0.05, 0) is 54.8 Å². The van der Waals surface area contributed by atoms with Gasteiger partial charge in [0.15, 0.2) is 11.5 Å². The van der Waals surface area contributed by atoms with Crippen LogP contribution >= 0.6 is 15.9 Å². The van der Waals surface area contributed by atoms with Crippen molar-refractivity contribution >= 4 is 37.5 Å². The number of amides is 1. The monoisotopic (exact) mass is 546 g/mol. The van der Waals surface area contributed by atoms with Gasteiger partial charge in [0.1, 0.15) is 0 Å². The number of halogens is 1. The minimum atomic E-state index is -4.04. The van der Waals surface area contributed by atoms with E-state index in [4.69, 9.17) is 9.47 Å². The number of methoxy groups -OCH3 is 2. The van der Waals surface area contributed by atoms with Crippen molar-refractivity contribution in [3.8, 4) is 11.5 Å². The molecule has 0 heterocycles. The lowest BCUT2D eigenvalue weighted by molar-refractivity contribution is -0.116. The quantitative estimate of drug-likeness (QED) is 0.412. The summed E-state index contributed by atoms with van der Waals surface area (Å²) in [6.07, 6.45) is 0. The second-order valence-corrected chi connectivity index (χ2v) is 10.6. The SMILES string of the molecule is COc1ccc(S(=O)(=O)N(CC(=O)Nc2c(C)cc(Br)cc2C)Cc2ccccc2)cc1OC. The predicted molar refractivity (Wildman–Crippen MR) is 136 cm³/mol. The topological polar surface area (TPSA) is 84.9 Å². The Morgan fingerprint density at radius 3 is 2.15 bits per heavy atom. The van der Waals surface area contributed by atoms with E-state index in [-0.39, 0.29) is 23.7 Å². The number of ether oxygens (including phenoxy) is 2. The molecule has 34 heavy (non-hydrogen) atoms. The fraction of sp³-hybridized carbons (Fsp3) is 0.240. The van der Waals surface area contributed by atoms with E-state index in [0.29, 0.717) is 11.4 Å². The molecule has 0 aromatic heterocycles. The Kier molecular flexibility index (Phi) is 8.35. The molecule has 0 aliphatic heterocycles. The van der Waals surface area contributed by atoms with Crippen molar-refractivity contribution in [1.82, 2.24) is 4.31 Å². The van der Waals surface area contributed by atoms with Gasteiger partial charge in [0, 0.05) is 22.8 Å². The first-order valence-electron chi connectivity index (χ1n) is 10.5. The molecule has 0 saturated heterocycles. The van der Waals surface area contributed by atoms with Crippen molar-refractivity contribution in [2.75, 3.05) is 26.1 Å². The first-order chi connectivity index (χ1) is 16.1. The van der Waals surface area contributed by atoms with E-state index in [1.54, 1.807) is 0 Å². The fourth-order valence-corrected chi connectivity index (χ4v) is 5.67. The molecule has 1 amide bonds. The molecule has 9 heteroatoms. The number of nitrogens with zero attached hydrogens (tertiary/aromatic N) is 1. The van der Waals surface area contributed by atoms with Crippen LogP contribution < -0.4 is 14.8 Å². The Hall–Kier alpha value is -2.88. The summed E-state index contributed by atoms with van der Waals surface area (Å²) in [5.74, 6) is 0.261. The molecule has 1 N–H and O–H groups in total. The number of benzene rings is 3. The zero-order valence-corrected chi connectivity index (χ0v) is 21.9. The molecule has 0 spiro atoms. The zero-order valence-electron chi connectivity index (χ0n) is 19.5. The lowest BCUT2D eigenvalue weighted by Crippen LogP contribution is -2.37. The highest BCUT2D eigenvalue weighted by molar-refractivity contribution is 9.10. The number of nitrogens with one attached hydrogen (secondary N) is 1. The van der Waals surface area contributed by atoms with Crippen molar-refractivity contribution in [2.24, 2.45) is 0 Å². The standard InChI is InChI=1S/C25H27BrN2O5S/c1-17-12-20(26)13-18(2)25(17)27-24(29)16-28(15-19-8-6-5-7-9-19)34(30,31)21-10-11-22(32-3)23(14-21)33-4/h5-14H,15-16H2,1-4H3,(H,27,29). The summed E-state index contributed by atoms with van der Waals surface area (Å²) in [5, 5.41) is 2.88. The average Bonchev–Trinajstić information content (AvgIpc) is 2.81. The number of carbonyl (C=O) groups is 1. The third-order valence-electron chi connectivity index (χ3n) is 5.28. The van der Waals surface area contributed by atoms with Gasteiger partial charge in [0.05, 0.1) is 25.7 Å². The molecule has 0 aliphatic carbocycles. The molecule has 3 aromatic rings. The number of hydrogen-bond donors (Lipinski definition) is 1. The summed E-state index contributed by atoms with van der Waals surface area (Å²) in [6, 6.07) is 17.3. The minimum absolute atomic E-state index is 0.00452. The molecule has 0 aliphatic rings. The highest BCUT2D eigenvalue weighted by Gasteiger charge is 2.28. The number of anilines is 1. The molecule has 0 fully saturated rings. The van der Waals surface area contributed by atoms with Crippen molar-refractivity contribution in [3.05, 3.63) is 81.8 Å². The van der Waals surface area contributed by atoms with Gasteiger partial charge >= 0.3 is 0 Å². The van der Waals surface area contributed by atoms with Crippen LogP contribution in [0, 0.1) is 13.8 Å². The average molecular weight is 547 g/mol. The summed E-state index contributed by atoms with van der Waals surface area (Å²) in [7, 11) is -1.13. The van der Waals surface area contributed by atoms with Crippen LogP contribution in [0.25, 0.3) is 0 Å². The van der Waals surface area contributed by atoms with Gasteiger partial charge in [-0.3, -0.25) is 4.79 Å². The summed E-state index contributed by atoms with van der Waals surface area (Å²) < 4.78 is 39.8. The van der Waals surface area contributed by atoms with E-state index in [1.807, 2.05) is 56.3 Å². The first kappa shape index (κ1) is 25.7. The Labute approximate surface area is 208 Å². The molecule has 3 rings (SSSR count). The second-order valence-electron chi connectivity index (χ2n) is 7.74. The van der Waals surface area contributed by atoms with Gasteiger partial charge in [0.2, 0.25) is 15.9 Å². The number of aryl methyl sites for hydroxylation is 2. The third kappa shape index (κ3) is 5.97. The molecule has 7 nitrogen and oxygen atoms in total. The van der Waals surface area contributed by atoms with E-state index in [0.717, 1.165) is 25.5 Å². The van der Waals surface area contributed by atoms with Crippen LogP contribution in [-0.4, -0.2) is 39.4 Å². The van der Waals surface area contributed by atoms with Gasteiger partial charge in [-0.2, -0.15) is 4.31 Å². The van der Waals surface area contributed by atoms with Gasteiger partial charge in [-0.15, -0.1) is 0 Å². The normalized spacial score (nSPS) is 11.4. The second kappa shape index (κ2) is 11.0. The van der Waals surface area contributed by atoms with E-state index < -0.39 is 15.9 Å². The van der Waals surface area contributed by atoms with Gasteiger partial charge in [-0.1, -0.05) is 46.3 Å². The van der Waals surface area contributed by atoms with Crippen LogP contribution in [-0.2, 0) is 21.4 Å². The highest BCUT2D eigenvalue weighted by Crippen LogP contribution is 2.31. The molecule has 0 bridgehead atoms. The lowest BCUT2D eigenvalue weighted by Gasteiger charge is -2.23. The first-order valence-corrected chi connectivity index (χ1v) is 12.7. The van der Waals surface area contributed by atoms with Crippen LogP contribution in [0.15, 0.2) is 70.0 Å². The van der Waals surface area contributed by atoms with Crippen molar-refractivity contribution in [3.63, 3.8) is 0 Å². The van der Waals surface area contributed by atoms with Crippen LogP contribution in [0.1, 0.15) is 16.7 Å². The van der Waals surface area contributed by atoms with Gasteiger partial charge < -0.3 is 14.8 Å². The van der Waals surface area contributed by atoms with Crippen LogP contribution in [0.5, 0.6) is 11.5 Å². The van der Waals surface area contributed by atoms with E-state index >= 15 is 0 Å². The molecule has 0 saturated carbocycles. The van der Waals surface area contributed by atoms with Crippen LogP contribution in [0.4, 0.5) is 5.69 Å². The van der Waals surface area contributed by atoms with Gasteiger partial charge in [0.25, 0.3) is 0 Å². The van der Waals surface area contributed by atoms with Crippen LogP contribution in [0.2, 0.25) is 0 Å². The van der Waals surface area contributed by atoms with Crippen LogP contribution in [0.3, 0.4) is 0 Å². The fourth-order valence-electron chi connectivity index (χ4n) is 3.59. The van der Waals surface area contributed by atoms with E-state index in [9.17, 15) is 13.2 Å². The maximum Gasteiger partial charge on any atom is 0.243 e. The van der Waals surface area contributed by atoms with Gasteiger partial charge in [-0.25, -0.2) is 8.42 Å². The maximum atomic E-state index is 13.6. The molecule has 3 aromatic carbocycles.